The predicted molar refractivity (Wildman–Crippen MR) is 61.6 cm³/mol. The molecule has 0 unspecified atom stereocenters. The Morgan fingerprint density at radius 2 is 2.00 bits per heavy atom. The van der Waals surface area contributed by atoms with E-state index < -0.39 is 11.9 Å². The highest BCUT2D eigenvalue weighted by Crippen LogP contribution is 2.09. The van der Waals surface area contributed by atoms with E-state index in [4.69, 9.17) is 0 Å². The summed E-state index contributed by atoms with van der Waals surface area (Å²) >= 11 is 0. The second-order valence-electron chi connectivity index (χ2n) is 3.43. The monoisotopic (exact) mass is 218 g/mol. The van der Waals surface area contributed by atoms with Crippen LogP contribution < -0.4 is 0 Å². The van der Waals surface area contributed by atoms with Crippen molar-refractivity contribution in [1.82, 2.24) is 0 Å². The second-order valence-corrected chi connectivity index (χ2v) is 3.43. The number of hydrogen-bond donors (Lipinski definition) is 0. The molecular formula is C13H14O3. The van der Waals surface area contributed by atoms with Gasteiger partial charge in [0.25, 0.3) is 0 Å². The molecule has 0 saturated heterocycles. The minimum atomic E-state index is -0.575. The fourth-order valence-corrected chi connectivity index (χ4v) is 1.26. The van der Waals surface area contributed by atoms with Crippen LogP contribution in [0.4, 0.5) is 0 Å². The van der Waals surface area contributed by atoms with Crippen LogP contribution in [0.25, 0.3) is 6.08 Å². The summed E-state index contributed by atoms with van der Waals surface area (Å²) < 4.78 is 4.39. The van der Waals surface area contributed by atoms with Crippen molar-refractivity contribution in [2.45, 2.75) is 20.3 Å². The highest BCUT2D eigenvalue weighted by molar-refractivity contribution is 5.85. The number of carbonyl (C=O) groups excluding carboxylic acids is 2. The van der Waals surface area contributed by atoms with E-state index in [0.717, 1.165) is 11.1 Å². The number of benzene rings is 1. The number of aryl methyl sites for hydroxylation is 1. The van der Waals surface area contributed by atoms with Gasteiger partial charge in [-0.1, -0.05) is 36.4 Å². The van der Waals surface area contributed by atoms with Crippen LogP contribution in [-0.2, 0) is 14.3 Å². The highest BCUT2D eigenvalue weighted by Gasteiger charge is 2.02. The van der Waals surface area contributed by atoms with Crippen LogP contribution >= 0.6 is 0 Å². The van der Waals surface area contributed by atoms with Gasteiger partial charge in [-0.3, -0.25) is 9.59 Å². The summed E-state index contributed by atoms with van der Waals surface area (Å²) in [5.41, 5.74) is 2.19. The van der Waals surface area contributed by atoms with Gasteiger partial charge in [0, 0.05) is 6.92 Å². The van der Waals surface area contributed by atoms with E-state index in [1.807, 2.05) is 37.3 Å². The number of carbonyl (C=O) groups is 2. The first-order valence-corrected chi connectivity index (χ1v) is 5.03. The molecule has 0 heterocycles. The van der Waals surface area contributed by atoms with Crippen molar-refractivity contribution >= 4 is 18.0 Å². The molecule has 0 saturated carbocycles. The van der Waals surface area contributed by atoms with E-state index in [0.29, 0.717) is 0 Å². The van der Waals surface area contributed by atoms with Crippen LogP contribution in [-0.4, -0.2) is 11.9 Å². The summed E-state index contributed by atoms with van der Waals surface area (Å²) in [4.78, 5) is 21.5. The highest BCUT2D eigenvalue weighted by atomic mass is 16.6. The Morgan fingerprint density at radius 1 is 1.31 bits per heavy atom. The summed E-state index contributed by atoms with van der Waals surface area (Å²) in [6.07, 6.45) is 3.64. The van der Waals surface area contributed by atoms with Gasteiger partial charge >= 0.3 is 11.9 Å². The minimum absolute atomic E-state index is 0.105. The summed E-state index contributed by atoms with van der Waals surface area (Å²) in [7, 11) is 0. The van der Waals surface area contributed by atoms with E-state index in [1.165, 1.54) is 6.92 Å². The molecule has 0 atom stereocenters. The number of esters is 2. The first-order valence-electron chi connectivity index (χ1n) is 5.03. The zero-order valence-electron chi connectivity index (χ0n) is 9.40. The third kappa shape index (κ3) is 4.09. The van der Waals surface area contributed by atoms with E-state index in [1.54, 1.807) is 6.08 Å². The third-order valence-electron chi connectivity index (χ3n) is 2.03. The molecule has 0 radical (unpaired) electrons. The molecule has 1 rings (SSSR count). The molecule has 0 aliphatic heterocycles. The Hall–Kier alpha value is -1.90. The van der Waals surface area contributed by atoms with Crippen LogP contribution in [0.15, 0.2) is 30.3 Å². The minimum Gasteiger partial charge on any atom is -0.393 e. The van der Waals surface area contributed by atoms with Gasteiger partial charge in [0.1, 0.15) is 0 Å². The van der Waals surface area contributed by atoms with Crippen LogP contribution in [0.1, 0.15) is 24.5 Å². The Bertz CT molecular complexity index is 419. The molecule has 0 bridgehead atoms. The molecule has 0 aliphatic rings. The molecule has 3 nitrogen and oxygen atoms in total. The second kappa shape index (κ2) is 5.85. The van der Waals surface area contributed by atoms with Gasteiger partial charge in [-0.05, 0) is 18.1 Å². The van der Waals surface area contributed by atoms with Gasteiger partial charge in [-0.15, -0.1) is 0 Å². The molecule has 1 aromatic rings. The molecule has 0 amide bonds. The SMILES string of the molecule is CC(=O)OC(=O)CC=Cc1ccccc1C. The van der Waals surface area contributed by atoms with Crippen molar-refractivity contribution in [2.24, 2.45) is 0 Å². The van der Waals surface area contributed by atoms with Gasteiger partial charge in [-0.25, -0.2) is 0 Å². The van der Waals surface area contributed by atoms with Crippen molar-refractivity contribution < 1.29 is 14.3 Å². The molecule has 1 aromatic carbocycles. The maximum atomic E-state index is 11.0. The zero-order valence-corrected chi connectivity index (χ0v) is 9.40. The smallest absolute Gasteiger partial charge is 0.317 e. The van der Waals surface area contributed by atoms with Crippen molar-refractivity contribution in [3.8, 4) is 0 Å². The van der Waals surface area contributed by atoms with E-state index in [9.17, 15) is 9.59 Å². The normalized spacial score (nSPS) is 10.4. The number of hydrogen-bond acceptors (Lipinski definition) is 3. The van der Waals surface area contributed by atoms with Gasteiger partial charge in [0.15, 0.2) is 0 Å². The summed E-state index contributed by atoms with van der Waals surface area (Å²) in [6, 6.07) is 7.84. The molecule has 0 spiro atoms. The topological polar surface area (TPSA) is 43.4 Å². The van der Waals surface area contributed by atoms with Crippen LogP contribution in [0, 0.1) is 6.92 Å². The molecule has 84 valence electrons. The lowest BCUT2D eigenvalue weighted by molar-refractivity contribution is -0.157. The fraction of sp³-hybridized carbons (Fsp3) is 0.231. The number of ether oxygens (including phenoxy) is 1. The van der Waals surface area contributed by atoms with Gasteiger partial charge < -0.3 is 4.74 Å². The van der Waals surface area contributed by atoms with Crippen molar-refractivity contribution in [3.63, 3.8) is 0 Å². The molecule has 0 N–H and O–H groups in total. The van der Waals surface area contributed by atoms with Crippen molar-refractivity contribution in [2.75, 3.05) is 0 Å². The standard InChI is InChI=1S/C13H14O3/c1-10-6-3-4-7-12(10)8-5-9-13(15)16-11(2)14/h3-8H,9H2,1-2H3. The number of rotatable bonds is 3. The summed E-state index contributed by atoms with van der Waals surface area (Å²) in [5, 5.41) is 0. The van der Waals surface area contributed by atoms with E-state index in [2.05, 4.69) is 4.74 Å². The Kier molecular flexibility index (Phi) is 4.45. The van der Waals surface area contributed by atoms with Crippen molar-refractivity contribution in [1.29, 1.82) is 0 Å². The Morgan fingerprint density at radius 3 is 2.62 bits per heavy atom. The summed E-state index contributed by atoms with van der Waals surface area (Å²) in [6.45, 7) is 3.20. The first kappa shape index (κ1) is 12.2. The lowest BCUT2D eigenvalue weighted by atomic mass is 10.1. The lowest BCUT2D eigenvalue weighted by Gasteiger charge is -1.98. The molecule has 0 fully saturated rings. The molecule has 0 aromatic heterocycles. The predicted octanol–water partition coefficient (Wildman–Crippen LogP) is 2.49. The average molecular weight is 218 g/mol. The van der Waals surface area contributed by atoms with Gasteiger partial charge in [0.2, 0.25) is 0 Å². The lowest BCUT2D eigenvalue weighted by Crippen LogP contribution is -2.07. The molecule has 0 aliphatic carbocycles. The van der Waals surface area contributed by atoms with Crippen LogP contribution in [0.2, 0.25) is 0 Å². The maximum absolute atomic E-state index is 11.0. The average Bonchev–Trinajstić information content (AvgIpc) is 2.19. The third-order valence-corrected chi connectivity index (χ3v) is 2.03. The fourth-order valence-electron chi connectivity index (χ4n) is 1.26. The zero-order chi connectivity index (χ0) is 12.0. The van der Waals surface area contributed by atoms with E-state index in [-0.39, 0.29) is 6.42 Å². The largest absolute Gasteiger partial charge is 0.393 e. The van der Waals surface area contributed by atoms with Crippen LogP contribution in [0.5, 0.6) is 0 Å². The molecular weight excluding hydrogens is 204 g/mol. The van der Waals surface area contributed by atoms with E-state index >= 15 is 0 Å². The Balaban J connectivity index is 2.52. The summed E-state index contributed by atoms with van der Waals surface area (Å²) in [5.74, 6) is -1.10. The first-order chi connectivity index (χ1) is 7.59. The maximum Gasteiger partial charge on any atom is 0.317 e. The molecule has 16 heavy (non-hydrogen) atoms. The molecule has 3 heteroatoms. The van der Waals surface area contributed by atoms with Crippen LogP contribution in [0.3, 0.4) is 0 Å². The van der Waals surface area contributed by atoms with Gasteiger partial charge in [-0.2, -0.15) is 0 Å². The van der Waals surface area contributed by atoms with Crippen molar-refractivity contribution in [3.05, 3.63) is 41.5 Å². The Labute approximate surface area is 94.7 Å². The quantitative estimate of drug-likeness (QED) is 0.578. The van der Waals surface area contributed by atoms with Gasteiger partial charge in [0.05, 0.1) is 6.42 Å².